The molecule has 1 aliphatic rings. The second-order valence-corrected chi connectivity index (χ2v) is 7.49. The summed E-state index contributed by atoms with van der Waals surface area (Å²) >= 11 is 0. The van der Waals surface area contributed by atoms with Crippen molar-refractivity contribution in [3.63, 3.8) is 0 Å². The molecule has 0 spiro atoms. The molecule has 1 aromatic carbocycles. The molecule has 160 valence electrons. The first-order valence-electron chi connectivity index (χ1n) is 10.7. The molecule has 6 heteroatoms. The van der Waals surface area contributed by atoms with Crippen molar-refractivity contribution in [3.05, 3.63) is 35.9 Å². The first-order chi connectivity index (χ1) is 13.2. The van der Waals surface area contributed by atoms with E-state index in [-0.39, 0.29) is 24.0 Å². The van der Waals surface area contributed by atoms with Gasteiger partial charge in [0.2, 0.25) is 0 Å². The number of halogens is 1. The normalized spacial score (nSPS) is 19.0. The number of aliphatic hydroxyl groups is 1. The van der Waals surface area contributed by atoms with Crippen molar-refractivity contribution in [1.82, 2.24) is 15.5 Å². The largest absolute Gasteiger partial charge is 0.388 e. The Labute approximate surface area is 188 Å². The SMILES string of the molecule is CCNC(=NCCCCN1CCCCC1C)NCCC(O)c1ccccc1.I. The summed E-state index contributed by atoms with van der Waals surface area (Å²) in [6.45, 7) is 9.29. The maximum atomic E-state index is 10.2. The average Bonchev–Trinajstić information content (AvgIpc) is 2.69. The molecule has 0 radical (unpaired) electrons. The van der Waals surface area contributed by atoms with Gasteiger partial charge in [-0.3, -0.25) is 4.99 Å². The van der Waals surface area contributed by atoms with Crippen LogP contribution in [0.5, 0.6) is 0 Å². The molecule has 2 rings (SSSR count). The summed E-state index contributed by atoms with van der Waals surface area (Å²) in [5.74, 6) is 0.851. The zero-order valence-corrected chi connectivity index (χ0v) is 19.9. The topological polar surface area (TPSA) is 59.9 Å². The Morgan fingerprint density at radius 2 is 2.00 bits per heavy atom. The van der Waals surface area contributed by atoms with Gasteiger partial charge in [-0.1, -0.05) is 36.8 Å². The van der Waals surface area contributed by atoms with Gasteiger partial charge in [-0.05, 0) is 64.6 Å². The number of hydrogen-bond donors (Lipinski definition) is 3. The van der Waals surface area contributed by atoms with Gasteiger partial charge in [0.1, 0.15) is 0 Å². The number of hydrogen-bond acceptors (Lipinski definition) is 3. The first-order valence-corrected chi connectivity index (χ1v) is 10.7. The molecule has 1 aromatic rings. The number of nitrogens with zero attached hydrogens (tertiary/aromatic N) is 2. The third-order valence-corrected chi connectivity index (χ3v) is 5.30. The molecule has 0 aromatic heterocycles. The van der Waals surface area contributed by atoms with E-state index in [1.54, 1.807) is 0 Å². The van der Waals surface area contributed by atoms with Crippen molar-refractivity contribution in [2.24, 2.45) is 4.99 Å². The third-order valence-electron chi connectivity index (χ3n) is 5.30. The van der Waals surface area contributed by atoms with Gasteiger partial charge in [0, 0.05) is 25.7 Å². The van der Waals surface area contributed by atoms with Crippen molar-refractivity contribution in [1.29, 1.82) is 0 Å². The summed E-state index contributed by atoms with van der Waals surface area (Å²) in [6, 6.07) is 10.6. The highest BCUT2D eigenvalue weighted by Gasteiger charge is 2.16. The van der Waals surface area contributed by atoms with E-state index < -0.39 is 6.10 Å². The molecule has 0 aliphatic carbocycles. The minimum absolute atomic E-state index is 0. The summed E-state index contributed by atoms with van der Waals surface area (Å²) < 4.78 is 0. The van der Waals surface area contributed by atoms with E-state index in [0.29, 0.717) is 13.0 Å². The number of unbranched alkanes of at least 4 members (excludes halogenated alkanes) is 1. The summed E-state index contributed by atoms with van der Waals surface area (Å²) in [5, 5.41) is 16.9. The standard InChI is InChI=1S/C22H38N4O.HI/c1-3-23-22(25-16-14-21(27)20-12-5-4-6-13-20)24-15-8-10-18-26-17-9-7-11-19(26)2;/h4-6,12-13,19,21,27H,3,7-11,14-18H2,1-2H3,(H2,23,24,25);1H. The van der Waals surface area contributed by atoms with E-state index in [1.807, 2.05) is 30.3 Å². The number of aliphatic imine (C=N–C) groups is 1. The van der Waals surface area contributed by atoms with Crippen LogP contribution in [-0.4, -0.2) is 54.7 Å². The van der Waals surface area contributed by atoms with Gasteiger partial charge in [-0.15, -0.1) is 24.0 Å². The molecule has 28 heavy (non-hydrogen) atoms. The van der Waals surface area contributed by atoms with Crippen LogP contribution in [-0.2, 0) is 0 Å². The molecule has 1 heterocycles. The molecule has 1 saturated heterocycles. The van der Waals surface area contributed by atoms with Gasteiger partial charge >= 0.3 is 0 Å². The Balaban J connectivity index is 0.00000392. The first kappa shape index (κ1) is 25.2. The number of aliphatic hydroxyl groups excluding tert-OH is 1. The van der Waals surface area contributed by atoms with Crippen LogP contribution in [0.15, 0.2) is 35.3 Å². The van der Waals surface area contributed by atoms with Crippen molar-refractivity contribution in [2.75, 3.05) is 32.7 Å². The molecule has 3 N–H and O–H groups in total. The smallest absolute Gasteiger partial charge is 0.191 e. The lowest BCUT2D eigenvalue weighted by Gasteiger charge is -2.33. The van der Waals surface area contributed by atoms with Crippen LogP contribution in [0.1, 0.15) is 64.0 Å². The Morgan fingerprint density at radius 1 is 1.21 bits per heavy atom. The summed E-state index contributed by atoms with van der Waals surface area (Å²) in [7, 11) is 0. The summed E-state index contributed by atoms with van der Waals surface area (Å²) in [6.07, 6.45) is 6.65. The number of benzene rings is 1. The number of piperidine rings is 1. The molecule has 0 amide bonds. The number of guanidine groups is 1. The van der Waals surface area contributed by atoms with Crippen molar-refractivity contribution in [2.45, 2.75) is 64.5 Å². The van der Waals surface area contributed by atoms with Crippen LogP contribution in [0.2, 0.25) is 0 Å². The molecular formula is C22H39IN4O. The maximum absolute atomic E-state index is 10.2. The average molecular weight is 502 g/mol. The van der Waals surface area contributed by atoms with Crippen molar-refractivity contribution in [3.8, 4) is 0 Å². The second-order valence-electron chi connectivity index (χ2n) is 7.49. The van der Waals surface area contributed by atoms with Gasteiger partial charge in [0.25, 0.3) is 0 Å². The van der Waals surface area contributed by atoms with E-state index in [2.05, 4.69) is 34.4 Å². The lowest BCUT2D eigenvalue weighted by atomic mass is 10.0. The molecule has 2 unspecified atom stereocenters. The van der Waals surface area contributed by atoms with Crippen molar-refractivity contribution < 1.29 is 5.11 Å². The van der Waals surface area contributed by atoms with Crippen LogP contribution < -0.4 is 10.6 Å². The molecule has 0 saturated carbocycles. The van der Waals surface area contributed by atoms with Crippen LogP contribution >= 0.6 is 24.0 Å². The maximum Gasteiger partial charge on any atom is 0.191 e. The number of likely N-dealkylation sites (tertiary alicyclic amines) is 1. The minimum atomic E-state index is -0.437. The highest BCUT2D eigenvalue weighted by Crippen LogP contribution is 2.17. The zero-order valence-electron chi connectivity index (χ0n) is 17.6. The highest BCUT2D eigenvalue weighted by molar-refractivity contribution is 14.0. The van der Waals surface area contributed by atoms with Gasteiger partial charge in [-0.25, -0.2) is 0 Å². The Bertz CT molecular complexity index is 541. The Morgan fingerprint density at radius 3 is 2.71 bits per heavy atom. The molecule has 1 aliphatic heterocycles. The quantitative estimate of drug-likeness (QED) is 0.196. The fourth-order valence-electron chi connectivity index (χ4n) is 3.62. The predicted molar refractivity (Wildman–Crippen MR) is 130 cm³/mol. The lowest BCUT2D eigenvalue weighted by molar-refractivity contribution is 0.158. The molecular weight excluding hydrogens is 463 g/mol. The van der Waals surface area contributed by atoms with Crippen LogP contribution in [0.4, 0.5) is 0 Å². The Kier molecular flexibility index (Phi) is 13.5. The molecule has 2 atom stereocenters. The summed E-state index contributed by atoms with van der Waals surface area (Å²) in [4.78, 5) is 7.31. The summed E-state index contributed by atoms with van der Waals surface area (Å²) in [5.41, 5.74) is 0.966. The van der Waals surface area contributed by atoms with Gasteiger partial charge in [-0.2, -0.15) is 0 Å². The fraction of sp³-hybridized carbons (Fsp3) is 0.682. The van der Waals surface area contributed by atoms with Crippen LogP contribution in [0.3, 0.4) is 0 Å². The van der Waals surface area contributed by atoms with Crippen LogP contribution in [0, 0.1) is 0 Å². The fourth-order valence-corrected chi connectivity index (χ4v) is 3.62. The number of nitrogens with one attached hydrogen (secondary N) is 2. The van der Waals surface area contributed by atoms with Crippen LogP contribution in [0.25, 0.3) is 0 Å². The van der Waals surface area contributed by atoms with E-state index in [1.165, 1.54) is 38.8 Å². The monoisotopic (exact) mass is 502 g/mol. The minimum Gasteiger partial charge on any atom is -0.388 e. The number of rotatable bonds is 10. The second kappa shape index (κ2) is 15.0. The predicted octanol–water partition coefficient (Wildman–Crippen LogP) is 3.94. The lowest BCUT2D eigenvalue weighted by Crippen LogP contribution is -2.38. The molecule has 1 fully saturated rings. The molecule has 5 nitrogen and oxygen atoms in total. The van der Waals surface area contributed by atoms with Crippen molar-refractivity contribution >= 4 is 29.9 Å². The van der Waals surface area contributed by atoms with E-state index in [9.17, 15) is 5.11 Å². The molecule has 0 bridgehead atoms. The Hall–Kier alpha value is -0.860. The van der Waals surface area contributed by atoms with E-state index >= 15 is 0 Å². The van der Waals surface area contributed by atoms with Gasteiger partial charge in [0.15, 0.2) is 5.96 Å². The van der Waals surface area contributed by atoms with E-state index in [0.717, 1.165) is 37.1 Å². The third kappa shape index (κ3) is 9.56. The zero-order chi connectivity index (χ0) is 19.3. The van der Waals surface area contributed by atoms with Gasteiger partial charge in [0.05, 0.1) is 6.10 Å². The van der Waals surface area contributed by atoms with Gasteiger partial charge < -0.3 is 20.6 Å². The highest BCUT2D eigenvalue weighted by atomic mass is 127. The van der Waals surface area contributed by atoms with E-state index in [4.69, 9.17) is 0 Å².